The molecule has 0 bridgehead atoms. The van der Waals surface area contributed by atoms with Crippen LogP contribution in [0.1, 0.15) is 18.0 Å². The summed E-state index contributed by atoms with van der Waals surface area (Å²) in [6, 6.07) is 11.6. The maximum atomic E-state index is 12.5. The van der Waals surface area contributed by atoms with E-state index in [2.05, 4.69) is 4.72 Å². The predicted molar refractivity (Wildman–Crippen MR) is 87.4 cm³/mol. The van der Waals surface area contributed by atoms with E-state index in [4.69, 9.17) is 9.88 Å². The largest absolute Gasteiger partial charge is 0.493 e. The maximum absolute atomic E-state index is 12.5. The normalized spacial score (nSPS) is 17.8. The van der Waals surface area contributed by atoms with Gasteiger partial charge in [0, 0.05) is 12.0 Å². The summed E-state index contributed by atoms with van der Waals surface area (Å²) in [5.41, 5.74) is 0.772. The van der Waals surface area contributed by atoms with Gasteiger partial charge < -0.3 is 4.74 Å². The second kappa shape index (κ2) is 6.17. The lowest BCUT2D eigenvalue weighted by molar-refractivity contribution is 0.263. The SMILES string of the molecule is NS(=O)(=O)c1ccc(S(=O)(=O)N[C@H]2CCOc3ccccc32)cc1. The van der Waals surface area contributed by atoms with Gasteiger partial charge in [-0.2, -0.15) is 0 Å². The molecule has 0 unspecified atom stereocenters. The fraction of sp³-hybridized carbons (Fsp3) is 0.200. The highest BCUT2D eigenvalue weighted by Gasteiger charge is 2.26. The number of hydrogen-bond acceptors (Lipinski definition) is 5. The molecule has 0 spiro atoms. The Labute approximate surface area is 140 Å². The third-order valence-electron chi connectivity index (χ3n) is 3.72. The third-order valence-corrected chi connectivity index (χ3v) is 6.14. The first kappa shape index (κ1) is 16.9. The monoisotopic (exact) mass is 368 g/mol. The molecule has 1 aliphatic rings. The Morgan fingerprint density at radius 1 is 0.958 bits per heavy atom. The van der Waals surface area contributed by atoms with Gasteiger partial charge in [0.25, 0.3) is 0 Å². The Kier molecular flexibility index (Phi) is 4.35. The molecule has 9 heteroatoms. The van der Waals surface area contributed by atoms with E-state index in [9.17, 15) is 16.8 Å². The van der Waals surface area contributed by atoms with Crippen molar-refractivity contribution in [3.05, 3.63) is 54.1 Å². The van der Waals surface area contributed by atoms with Crippen LogP contribution in [0.3, 0.4) is 0 Å². The minimum Gasteiger partial charge on any atom is -0.493 e. The molecule has 1 atom stereocenters. The molecule has 0 fully saturated rings. The second-order valence-corrected chi connectivity index (χ2v) is 8.64. The summed E-state index contributed by atoms with van der Waals surface area (Å²) in [6.45, 7) is 0.411. The van der Waals surface area contributed by atoms with E-state index in [1.165, 1.54) is 24.3 Å². The van der Waals surface area contributed by atoms with Crippen LogP contribution >= 0.6 is 0 Å². The minimum atomic E-state index is -3.86. The van der Waals surface area contributed by atoms with Gasteiger partial charge in [-0.15, -0.1) is 0 Å². The minimum absolute atomic E-state index is 0.0288. The molecular weight excluding hydrogens is 352 g/mol. The number of nitrogens with two attached hydrogens (primary N) is 1. The van der Waals surface area contributed by atoms with Crippen LogP contribution in [0.15, 0.2) is 58.3 Å². The van der Waals surface area contributed by atoms with Gasteiger partial charge in [-0.3, -0.25) is 0 Å². The Morgan fingerprint density at radius 2 is 1.58 bits per heavy atom. The van der Waals surface area contributed by atoms with Crippen molar-refractivity contribution >= 4 is 20.0 Å². The van der Waals surface area contributed by atoms with Crippen molar-refractivity contribution < 1.29 is 21.6 Å². The van der Waals surface area contributed by atoms with Gasteiger partial charge >= 0.3 is 0 Å². The molecule has 1 heterocycles. The summed E-state index contributed by atoms with van der Waals surface area (Å²) in [4.78, 5) is -0.170. The molecule has 128 valence electrons. The fourth-order valence-corrected chi connectivity index (χ4v) is 4.29. The van der Waals surface area contributed by atoms with Crippen molar-refractivity contribution in [1.29, 1.82) is 0 Å². The smallest absolute Gasteiger partial charge is 0.241 e. The first-order valence-corrected chi connectivity index (χ1v) is 10.2. The number of fused-ring (bicyclic) bond motifs is 1. The maximum Gasteiger partial charge on any atom is 0.241 e. The van der Waals surface area contributed by atoms with Crippen LogP contribution in [0.2, 0.25) is 0 Å². The molecule has 1 aliphatic heterocycles. The number of primary sulfonamides is 1. The zero-order chi connectivity index (χ0) is 17.4. The number of nitrogens with one attached hydrogen (secondary N) is 1. The standard InChI is InChI=1S/C15H16N2O5S2/c16-23(18,19)11-5-7-12(8-6-11)24(20,21)17-14-9-10-22-15-4-2-1-3-13(14)15/h1-8,14,17H,9-10H2,(H2,16,18,19)/t14-/m0/s1. The van der Waals surface area contributed by atoms with Crippen molar-refractivity contribution in [3.8, 4) is 5.75 Å². The molecule has 0 aromatic heterocycles. The van der Waals surface area contributed by atoms with Crippen molar-refractivity contribution in [2.75, 3.05) is 6.61 Å². The quantitative estimate of drug-likeness (QED) is 0.839. The highest BCUT2D eigenvalue weighted by Crippen LogP contribution is 2.32. The molecule has 24 heavy (non-hydrogen) atoms. The van der Waals surface area contributed by atoms with E-state index in [1.54, 1.807) is 6.07 Å². The van der Waals surface area contributed by atoms with Crippen LogP contribution in [0.25, 0.3) is 0 Å². The highest BCUT2D eigenvalue weighted by atomic mass is 32.2. The molecule has 2 aromatic carbocycles. The van der Waals surface area contributed by atoms with Crippen molar-refractivity contribution in [2.45, 2.75) is 22.3 Å². The van der Waals surface area contributed by atoms with E-state index in [1.807, 2.05) is 18.2 Å². The van der Waals surface area contributed by atoms with E-state index < -0.39 is 26.1 Å². The zero-order valence-electron chi connectivity index (χ0n) is 12.5. The summed E-state index contributed by atoms with van der Waals surface area (Å²) < 4.78 is 55.7. The molecule has 0 amide bonds. The molecule has 3 rings (SSSR count). The van der Waals surface area contributed by atoms with Gasteiger partial charge in [0.2, 0.25) is 20.0 Å². The van der Waals surface area contributed by atoms with Gasteiger partial charge in [0.1, 0.15) is 5.75 Å². The Morgan fingerprint density at radius 3 is 2.25 bits per heavy atom. The summed E-state index contributed by atoms with van der Waals surface area (Å²) in [5.74, 6) is 0.654. The Hall–Kier alpha value is -1.94. The van der Waals surface area contributed by atoms with Crippen LogP contribution in [-0.4, -0.2) is 23.4 Å². The molecule has 0 radical (unpaired) electrons. The fourth-order valence-electron chi connectivity index (χ4n) is 2.53. The van der Waals surface area contributed by atoms with E-state index in [0.29, 0.717) is 18.8 Å². The Bertz CT molecular complexity index is 954. The third kappa shape index (κ3) is 3.44. The molecule has 0 saturated heterocycles. The van der Waals surface area contributed by atoms with Gasteiger partial charge in [-0.25, -0.2) is 26.7 Å². The average molecular weight is 368 g/mol. The number of benzene rings is 2. The van der Waals surface area contributed by atoms with Crippen LogP contribution in [0.4, 0.5) is 0 Å². The van der Waals surface area contributed by atoms with Gasteiger partial charge in [-0.1, -0.05) is 18.2 Å². The van der Waals surface area contributed by atoms with Crippen LogP contribution in [-0.2, 0) is 20.0 Å². The lowest BCUT2D eigenvalue weighted by Crippen LogP contribution is -2.32. The van der Waals surface area contributed by atoms with E-state index in [-0.39, 0.29) is 9.79 Å². The number of hydrogen-bond donors (Lipinski definition) is 2. The summed E-state index contributed by atoms with van der Waals surface area (Å²) in [7, 11) is -7.67. The number of para-hydroxylation sites is 1. The Balaban J connectivity index is 1.87. The topological polar surface area (TPSA) is 116 Å². The molecular formula is C15H16N2O5S2. The van der Waals surface area contributed by atoms with Crippen molar-refractivity contribution in [2.24, 2.45) is 5.14 Å². The van der Waals surface area contributed by atoms with Crippen LogP contribution < -0.4 is 14.6 Å². The summed E-state index contributed by atoms with van der Waals surface area (Å²) in [5, 5.41) is 5.01. The highest BCUT2D eigenvalue weighted by molar-refractivity contribution is 7.89. The molecule has 0 aliphatic carbocycles. The summed E-state index contributed by atoms with van der Waals surface area (Å²) in [6.07, 6.45) is 0.505. The lowest BCUT2D eigenvalue weighted by atomic mass is 10.0. The first-order chi connectivity index (χ1) is 11.3. The van der Waals surface area contributed by atoms with E-state index in [0.717, 1.165) is 5.56 Å². The van der Waals surface area contributed by atoms with Crippen molar-refractivity contribution in [3.63, 3.8) is 0 Å². The zero-order valence-corrected chi connectivity index (χ0v) is 14.2. The first-order valence-electron chi connectivity index (χ1n) is 7.14. The molecule has 2 aromatic rings. The van der Waals surface area contributed by atoms with Gasteiger partial charge in [0.05, 0.1) is 22.4 Å². The average Bonchev–Trinajstić information content (AvgIpc) is 2.54. The second-order valence-electron chi connectivity index (χ2n) is 5.37. The number of sulfonamides is 2. The lowest BCUT2D eigenvalue weighted by Gasteiger charge is -2.26. The number of ether oxygens (including phenoxy) is 1. The summed E-state index contributed by atoms with van der Waals surface area (Å²) >= 11 is 0. The van der Waals surface area contributed by atoms with Crippen LogP contribution in [0.5, 0.6) is 5.75 Å². The molecule has 3 N–H and O–H groups in total. The van der Waals surface area contributed by atoms with Gasteiger partial charge in [0.15, 0.2) is 0 Å². The van der Waals surface area contributed by atoms with Gasteiger partial charge in [-0.05, 0) is 30.3 Å². The molecule has 0 saturated carbocycles. The predicted octanol–water partition coefficient (Wildman–Crippen LogP) is 1.14. The van der Waals surface area contributed by atoms with Crippen LogP contribution in [0, 0.1) is 0 Å². The van der Waals surface area contributed by atoms with E-state index >= 15 is 0 Å². The van der Waals surface area contributed by atoms with Crippen molar-refractivity contribution in [1.82, 2.24) is 4.72 Å². The number of rotatable bonds is 4. The molecule has 7 nitrogen and oxygen atoms in total.